The van der Waals surface area contributed by atoms with Crippen molar-refractivity contribution in [1.82, 2.24) is 5.16 Å². The summed E-state index contributed by atoms with van der Waals surface area (Å²) in [5.41, 5.74) is 3.83. The maximum atomic E-state index is 13.2. The van der Waals surface area contributed by atoms with Gasteiger partial charge in [0.1, 0.15) is 11.5 Å². The van der Waals surface area contributed by atoms with Gasteiger partial charge in [0, 0.05) is 31.1 Å². The molecule has 6 nitrogen and oxygen atoms in total. The van der Waals surface area contributed by atoms with E-state index in [0.29, 0.717) is 73.2 Å². The molecule has 190 valence electrons. The first kappa shape index (κ1) is 24.0. The van der Waals surface area contributed by atoms with E-state index in [-0.39, 0.29) is 23.2 Å². The summed E-state index contributed by atoms with van der Waals surface area (Å²) in [5, 5.41) is 17.0. The van der Waals surface area contributed by atoms with Crippen LogP contribution in [0.4, 0.5) is 5.69 Å². The average molecular weight is 505 g/mol. The standard InChI is InChI=1S/C32H28N2O4/c35-27-14-7-15-28(36)31(27)25(33-24-13-6-11-21-10-4-5-12-23(21)24)16-17-26-32-29(37)18-22(19-30(32)38-34-26)20-8-2-1-3-9-20/h1-6,8-13,22,35H,7,14-19H2. The van der Waals surface area contributed by atoms with Gasteiger partial charge < -0.3 is 9.63 Å². The van der Waals surface area contributed by atoms with Crippen molar-refractivity contribution in [1.29, 1.82) is 0 Å². The van der Waals surface area contributed by atoms with Crippen LogP contribution >= 0.6 is 0 Å². The van der Waals surface area contributed by atoms with Gasteiger partial charge in [-0.3, -0.25) is 14.6 Å². The van der Waals surface area contributed by atoms with Crippen LogP contribution in [-0.2, 0) is 17.6 Å². The zero-order chi connectivity index (χ0) is 26.1. The molecule has 2 aliphatic carbocycles. The van der Waals surface area contributed by atoms with E-state index in [2.05, 4.69) is 5.16 Å². The number of nitrogens with zero attached hydrogens (tertiary/aromatic N) is 2. The molecule has 1 heterocycles. The van der Waals surface area contributed by atoms with Crippen molar-refractivity contribution in [3.05, 3.63) is 107 Å². The minimum absolute atomic E-state index is 0.0275. The summed E-state index contributed by atoms with van der Waals surface area (Å²) < 4.78 is 5.67. The predicted octanol–water partition coefficient (Wildman–Crippen LogP) is 7.01. The Labute approximate surface area is 220 Å². The molecule has 0 bridgehead atoms. The van der Waals surface area contributed by atoms with E-state index in [0.717, 1.165) is 22.0 Å². The van der Waals surface area contributed by atoms with Crippen LogP contribution in [0.1, 0.15) is 65.4 Å². The number of aryl methyl sites for hydroxylation is 1. The lowest BCUT2D eigenvalue weighted by Crippen LogP contribution is -2.21. The van der Waals surface area contributed by atoms with E-state index < -0.39 is 0 Å². The van der Waals surface area contributed by atoms with E-state index in [1.807, 2.05) is 72.8 Å². The molecule has 0 saturated heterocycles. The number of aliphatic imine (C=N–C) groups is 1. The molecular weight excluding hydrogens is 476 g/mol. The van der Waals surface area contributed by atoms with Crippen molar-refractivity contribution in [3.8, 4) is 0 Å². The van der Waals surface area contributed by atoms with E-state index in [4.69, 9.17) is 9.52 Å². The highest BCUT2D eigenvalue weighted by Gasteiger charge is 2.33. The summed E-state index contributed by atoms with van der Waals surface area (Å²) in [6, 6.07) is 23.8. The molecule has 0 fully saturated rings. The van der Waals surface area contributed by atoms with Crippen molar-refractivity contribution >= 4 is 33.7 Å². The zero-order valence-corrected chi connectivity index (χ0v) is 21.0. The van der Waals surface area contributed by atoms with Crippen molar-refractivity contribution in [3.63, 3.8) is 0 Å². The van der Waals surface area contributed by atoms with Crippen LogP contribution in [0, 0.1) is 0 Å². The van der Waals surface area contributed by atoms with Crippen molar-refractivity contribution < 1.29 is 19.2 Å². The van der Waals surface area contributed by atoms with Gasteiger partial charge in [0.15, 0.2) is 11.6 Å². The number of rotatable bonds is 6. The molecule has 3 aromatic carbocycles. The second-order valence-corrected chi connectivity index (χ2v) is 10.0. The highest BCUT2D eigenvalue weighted by Crippen LogP contribution is 2.35. The van der Waals surface area contributed by atoms with Crippen LogP contribution in [-0.4, -0.2) is 27.5 Å². The van der Waals surface area contributed by atoms with Crippen molar-refractivity contribution in [2.45, 2.75) is 50.9 Å². The summed E-state index contributed by atoms with van der Waals surface area (Å²) >= 11 is 0. The smallest absolute Gasteiger partial charge is 0.168 e. The number of fused-ring (bicyclic) bond motifs is 2. The van der Waals surface area contributed by atoms with Crippen LogP contribution in [0.5, 0.6) is 0 Å². The molecule has 38 heavy (non-hydrogen) atoms. The topological polar surface area (TPSA) is 92.8 Å². The van der Waals surface area contributed by atoms with E-state index in [9.17, 15) is 14.7 Å². The molecule has 1 aromatic heterocycles. The Morgan fingerprint density at radius 2 is 1.71 bits per heavy atom. The average Bonchev–Trinajstić information content (AvgIpc) is 3.35. The molecule has 0 amide bonds. The monoisotopic (exact) mass is 504 g/mol. The van der Waals surface area contributed by atoms with E-state index >= 15 is 0 Å². The van der Waals surface area contributed by atoms with E-state index in [1.165, 1.54) is 0 Å². The van der Waals surface area contributed by atoms with Crippen LogP contribution < -0.4 is 0 Å². The number of benzene rings is 3. The lowest BCUT2D eigenvalue weighted by Gasteiger charge is -2.20. The molecule has 1 unspecified atom stereocenters. The molecule has 6 heteroatoms. The highest BCUT2D eigenvalue weighted by atomic mass is 16.5. The second-order valence-electron chi connectivity index (χ2n) is 10.0. The number of hydrogen-bond donors (Lipinski definition) is 1. The van der Waals surface area contributed by atoms with Crippen LogP contribution in [0.2, 0.25) is 0 Å². The van der Waals surface area contributed by atoms with Gasteiger partial charge in [-0.15, -0.1) is 0 Å². The Balaban J connectivity index is 1.33. The fourth-order valence-electron chi connectivity index (χ4n) is 5.65. The van der Waals surface area contributed by atoms with Gasteiger partial charge in [-0.1, -0.05) is 71.9 Å². The van der Waals surface area contributed by atoms with Gasteiger partial charge in [-0.25, -0.2) is 0 Å². The minimum atomic E-state index is -0.100. The van der Waals surface area contributed by atoms with Gasteiger partial charge >= 0.3 is 0 Å². The second kappa shape index (κ2) is 10.2. The molecule has 0 saturated carbocycles. The number of aliphatic hydroxyl groups excluding tert-OH is 1. The minimum Gasteiger partial charge on any atom is -0.511 e. The first-order chi connectivity index (χ1) is 18.6. The summed E-state index contributed by atoms with van der Waals surface area (Å²) in [6.07, 6.45) is 3.23. The third-order valence-corrected chi connectivity index (χ3v) is 7.54. The predicted molar refractivity (Wildman–Crippen MR) is 146 cm³/mol. The lowest BCUT2D eigenvalue weighted by atomic mass is 9.81. The number of aliphatic hydroxyl groups is 1. The van der Waals surface area contributed by atoms with Crippen LogP contribution in [0.3, 0.4) is 0 Å². The third kappa shape index (κ3) is 4.58. The first-order valence-electron chi connectivity index (χ1n) is 13.1. The number of carbonyl (C=O) groups excluding carboxylic acids is 2. The van der Waals surface area contributed by atoms with Gasteiger partial charge in [0.05, 0.1) is 28.2 Å². The third-order valence-electron chi connectivity index (χ3n) is 7.54. The number of allylic oxidation sites excluding steroid dienone is 2. The Morgan fingerprint density at radius 3 is 2.55 bits per heavy atom. The molecule has 1 N–H and O–H groups in total. The molecule has 6 rings (SSSR count). The number of carbonyl (C=O) groups is 2. The van der Waals surface area contributed by atoms with Crippen LogP contribution in [0.25, 0.3) is 10.8 Å². The fraction of sp³-hybridized carbons (Fsp3) is 0.250. The maximum absolute atomic E-state index is 13.2. The maximum Gasteiger partial charge on any atom is 0.168 e. The Morgan fingerprint density at radius 1 is 0.921 bits per heavy atom. The number of hydrogen-bond acceptors (Lipinski definition) is 6. The summed E-state index contributed by atoms with van der Waals surface area (Å²) in [4.78, 5) is 31.1. The summed E-state index contributed by atoms with van der Waals surface area (Å²) in [7, 11) is 0. The zero-order valence-electron chi connectivity index (χ0n) is 21.0. The summed E-state index contributed by atoms with van der Waals surface area (Å²) in [6.45, 7) is 0. The quantitative estimate of drug-likeness (QED) is 0.285. The Kier molecular flexibility index (Phi) is 6.46. The van der Waals surface area contributed by atoms with Crippen molar-refractivity contribution in [2.75, 3.05) is 0 Å². The number of ketones is 2. The van der Waals surface area contributed by atoms with Gasteiger partial charge in [0.2, 0.25) is 0 Å². The largest absolute Gasteiger partial charge is 0.511 e. The lowest BCUT2D eigenvalue weighted by molar-refractivity contribution is -0.115. The first-order valence-corrected chi connectivity index (χ1v) is 13.1. The van der Waals surface area contributed by atoms with Gasteiger partial charge in [0.25, 0.3) is 0 Å². The van der Waals surface area contributed by atoms with E-state index in [1.54, 1.807) is 0 Å². The normalized spacial score (nSPS) is 18.2. The fourth-order valence-corrected chi connectivity index (χ4v) is 5.65. The Bertz CT molecular complexity index is 1590. The van der Waals surface area contributed by atoms with Gasteiger partial charge in [-0.2, -0.15) is 0 Å². The molecule has 0 spiro atoms. The van der Waals surface area contributed by atoms with Crippen molar-refractivity contribution in [2.24, 2.45) is 4.99 Å². The highest BCUT2D eigenvalue weighted by molar-refractivity contribution is 6.24. The molecule has 0 radical (unpaired) electrons. The molecular formula is C32H28N2O4. The van der Waals surface area contributed by atoms with Gasteiger partial charge in [-0.05, 0) is 42.2 Å². The SMILES string of the molecule is O=C1CCCC(O)=C1C(CCc1noc2c1C(=O)CC(c1ccccc1)C2)=Nc1cccc2ccccc12. The Hall–Kier alpha value is -4.32. The molecule has 4 aromatic rings. The van der Waals surface area contributed by atoms with Crippen LogP contribution in [0.15, 0.2) is 93.6 Å². The molecule has 1 atom stereocenters. The molecule has 2 aliphatic rings. The number of aromatic nitrogens is 1. The summed E-state index contributed by atoms with van der Waals surface area (Å²) in [5.74, 6) is 0.705. The number of Topliss-reactive ketones (excluding diaryl/α,β-unsaturated/α-hetero) is 2. The molecule has 0 aliphatic heterocycles.